The summed E-state index contributed by atoms with van der Waals surface area (Å²) in [6.07, 6.45) is -1.26. The van der Waals surface area contributed by atoms with Crippen molar-refractivity contribution in [1.82, 2.24) is 0 Å². The van der Waals surface area contributed by atoms with Crippen LogP contribution in [-0.2, 0) is 30.3 Å². The van der Waals surface area contributed by atoms with E-state index in [-0.39, 0.29) is 6.10 Å². The smallest absolute Gasteiger partial charge is 0.190 e. The van der Waals surface area contributed by atoms with Crippen LogP contribution in [-0.4, -0.2) is 36.7 Å². The third-order valence-electron chi connectivity index (χ3n) is 3.45. The van der Waals surface area contributed by atoms with Gasteiger partial charge in [0.05, 0.1) is 6.61 Å². The number of fused-ring (bicyclic) bond motifs is 1. The molecule has 2 heterocycles. The van der Waals surface area contributed by atoms with Crippen molar-refractivity contribution in [2.75, 3.05) is 0 Å². The maximum absolute atomic E-state index is 11.1. The first kappa shape index (κ1) is 13.7. The van der Waals surface area contributed by atoms with E-state index in [1.165, 1.54) is 0 Å². The fraction of sp³-hybridized carbons (Fsp3) is 0.533. The molecule has 0 aliphatic carbocycles. The van der Waals surface area contributed by atoms with Gasteiger partial charge in [-0.2, -0.15) is 0 Å². The summed E-state index contributed by atoms with van der Waals surface area (Å²) in [5.74, 6) is -0.711. The van der Waals surface area contributed by atoms with Crippen LogP contribution in [0.4, 0.5) is 0 Å². The maximum Gasteiger partial charge on any atom is 0.190 e. The number of hydrogen-bond acceptors (Lipinski definition) is 5. The molecule has 5 nitrogen and oxygen atoms in total. The van der Waals surface area contributed by atoms with Gasteiger partial charge in [0, 0.05) is 0 Å². The van der Waals surface area contributed by atoms with Crippen LogP contribution in [0.2, 0.25) is 0 Å². The van der Waals surface area contributed by atoms with Gasteiger partial charge in [0.25, 0.3) is 0 Å². The number of carbonyl (C=O) groups is 1. The SMILES string of the molecule is CC1(C)O[C@H]2OC(C=O)[C@@H](OCc3ccccc3)[C@H]2O1. The van der Waals surface area contributed by atoms with E-state index in [1.807, 2.05) is 44.2 Å². The number of hydrogen-bond donors (Lipinski definition) is 0. The van der Waals surface area contributed by atoms with Crippen molar-refractivity contribution >= 4 is 6.29 Å². The molecular weight excluding hydrogens is 260 g/mol. The van der Waals surface area contributed by atoms with Crippen LogP contribution in [0.1, 0.15) is 19.4 Å². The lowest BCUT2D eigenvalue weighted by Gasteiger charge is -2.23. The van der Waals surface area contributed by atoms with Crippen molar-refractivity contribution in [3.05, 3.63) is 35.9 Å². The molecule has 0 amide bonds. The van der Waals surface area contributed by atoms with Crippen molar-refractivity contribution in [2.24, 2.45) is 0 Å². The van der Waals surface area contributed by atoms with E-state index in [0.717, 1.165) is 11.8 Å². The first-order valence-electron chi connectivity index (χ1n) is 6.71. The van der Waals surface area contributed by atoms with Gasteiger partial charge in [-0.05, 0) is 19.4 Å². The summed E-state index contributed by atoms with van der Waals surface area (Å²) in [6.45, 7) is 4.05. The van der Waals surface area contributed by atoms with E-state index in [9.17, 15) is 4.79 Å². The largest absolute Gasteiger partial charge is 0.367 e. The van der Waals surface area contributed by atoms with Gasteiger partial charge >= 0.3 is 0 Å². The lowest BCUT2D eigenvalue weighted by molar-refractivity contribution is -0.216. The first-order valence-corrected chi connectivity index (χ1v) is 6.71. The summed E-state index contributed by atoms with van der Waals surface area (Å²) in [5.41, 5.74) is 1.04. The average molecular weight is 278 g/mol. The molecule has 2 aliphatic heterocycles. The number of carbonyl (C=O) groups excluding carboxylic acids is 1. The highest BCUT2D eigenvalue weighted by Crippen LogP contribution is 2.38. The molecule has 0 saturated carbocycles. The number of rotatable bonds is 4. The van der Waals surface area contributed by atoms with Crippen LogP contribution in [0.3, 0.4) is 0 Å². The fourth-order valence-electron chi connectivity index (χ4n) is 2.57. The standard InChI is InChI=1S/C15H18O5/c1-15(2)19-13-12(11(8-16)18-14(13)20-15)17-9-10-6-4-3-5-7-10/h3-8,11-14H,9H2,1-2H3/t11?,12-,13-,14-/m1/s1. The summed E-state index contributed by atoms with van der Waals surface area (Å²) in [4.78, 5) is 11.1. The minimum atomic E-state index is -0.711. The van der Waals surface area contributed by atoms with Crippen LogP contribution in [0, 0.1) is 0 Å². The Balaban J connectivity index is 1.68. The molecule has 4 atom stereocenters. The monoisotopic (exact) mass is 278 g/mol. The molecule has 2 saturated heterocycles. The van der Waals surface area contributed by atoms with Crippen LogP contribution in [0.15, 0.2) is 30.3 Å². The summed E-state index contributed by atoms with van der Waals surface area (Å²) in [7, 11) is 0. The molecule has 1 aromatic rings. The second kappa shape index (κ2) is 5.26. The van der Waals surface area contributed by atoms with Gasteiger partial charge in [-0.25, -0.2) is 0 Å². The summed E-state index contributed by atoms with van der Waals surface area (Å²) in [5, 5.41) is 0. The van der Waals surface area contributed by atoms with Gasteiger partial charge in [-0.1, -0.05) is 30.3 Å². The van der Waals surface area contributed by atoms with Gasteiger partial charge in [0.2, 0.25) is 0 Å². The van der Waals surface area contributed by atoms with Gasteiger partial charge in [-0.3, -0.25) is 0 Å². The van der Waals surface area contributed by atoms with Gasteiger partial charge < -0.3 is 23.7 Å². The Morgan fingerprint density at radius 1 is 1.25 bits per heavy atom. The predicted molar refractivity (Wildman–Crippen MR) is 69.8 cm³/mol. The maximum atomic E-state index is 11.1. The molecule has 0 aromatic heterocycles. The zero-order valence-corrected chi connectivity index (χ0v) is 11.5. The van der Waals surface area contributed by atoms with Crippen molar-refractivity contribution < 1.29 is 23.7 Å². The molecule has 0 spiro atoms. The molecule has 2 fully saturated rings. The average Bonchev–Trinajstić information content (AvgIpc) is 2.89. The molecule has 108 valence electrons. The zero-order valence-electron chi connectivity index (χ0n) is 11.5. The molecule has 1 unspecified atom stereocenters. The van der Waals surface area contributed by atoms with Crippen molar-refractivity contribution in [1.29, 1.82) is 0 Å². The van der Waals surface area contributed by atoms with E-state index in [2.05, 4.69) is 0 Å². The molecule has 2 aliphatic rings. The molecule has 20 heavy (non-hydrogen) atoms. The summed E-state index contributed by atoms with van der Waals surface area (Å²) >= 11 is 0. The highest BCUT2D eigenvalue weighted by molar-refractivity contribution is 5.58. The van der Waals surface area contributed by atoms with Gasteiger partial charge in [0.1, 0.15) is 18.3 Å². The van der Waals surface area contributed by atoms with E-state index in [4.69, 9.17) is 18.9 Å². The Kier molecular flexibility index (Phi) is 3.60. The van der Waals surface area contributed by atoms with Crippen molar-refractivity contribution in [2.45, 2.75) is 50.8 Å². The molecular formula is C15H18O5. The lowest BCUT2D eigenvalue weighted by Crippen LogP contribution is -2.37. The van der Waals surface area contributed by atoms with Gasteiger partial charge in [0.15, 0.2) is 18.4 Å². The van der Waals surface area contributed by atoms with E-state index >= 15 is 0 Å². The Labute approximate surface area is 117 Å². The first-order chi connectivity index (χ1) is 9.59. The molecule has 0 N–H and O–H groups in total. The van der Waals surface area contributed by atoms with Crippen LogP contribution >= 0.6 is 0 Å². The predicted octanol–water partition coefficient (Wildman–Crippen LogP) is 1.65. The Morgan fingerprint density at radius 3 is 2.70 bits per heavy atom. The van der Waals surface area contributed by atoms with Gasteiger partial charge in [-0.15, -0.1) is 0 Å². The number of aldehydes is 1. The summed E-state index contributed by atoms with van der Waals surface area (Å²) in [6, 6.07) is 9.78. The number of ether oxygens (including phenoxy) is 4. The second-order valence-corrected chi connectivity index (χ2v) is 5.47. The fourth-order valence-corrected chi connectivity index (χ4v) is 2.57. The van der Waals surface area contributed by atoms with E-state index in [0.29, 0.717) is 6.61 Å². The molecule has 0 bridgehead atoms. The Hall–Kier alpha value is -1.27. The normalized spacial score (nSPS) is 34.9. The molecule has 1 aromatic carbocycles. The third kappa shape index (κ3) is 2.62. The zero-order chi connectivity index (χ0) is 14.2. The van der Waals surface area contributed by atoms with Crippen molar-refractivity contribution in [3.8, 4) is 0 Å². The second-order valence-electron chi connectivity index (χ2n) is 5.47. The third-order valence-corrected chi connectivity index (χ3v) is 3.45. The van der Waals surface area contributed by atoms with Crippen LogP contribution in [0.5, 0.6) is 0 Å². The highest BCUT2D eigenvalue weighted by Gasteiger charge is 2.55. The molecule has 5 heteroatoms. The van der Waals surface area contributed by atoms with E-state index < -0.39 is 24.3 Å². The summed E-state index contributed by atoms with van der Waals surface area (Å²) < 4.78 is 22.7. The lowest BCUT2D eigenvalue weighted by atomic mass is 10.1. The topological polar surface area (TPSA) is 54.0 Å². The molecule has 0 radical (unpaired) electrons. The number of benzene rings is 1. The highest BCUT2D eigenvalue weighted by atomic mass is 16.8. The quantitative estimate of drug-likeness (QED) is 0.784. The minimum absolute atomic E-state index is 0.371. The molecule has 3 rings (SSSR count). The van der Waals surface area contributed by atoms with Crippen LogP contribution in [0.25, 0.3) is 0 Å². The Bertz CT molecular complexity index is 472. The van der Waals surface area contributed by atoms with Crippen LogP contribution < -0.4 is 0 Å². The van der Waals surface area contributed by atoms with Crippen molar-refractivity contribution in [3.63, 3.8) is 0 Å². The Morgan fingerprint density at radius 2 is 2.00 bits per heavy atom. The minimum Gasteiger partial charge on any atom is -0.367 e. The van der Waals surface area contributed by atoms with E-state index in [1.54, 1.807) is 0 Å².